The number of nitrogens with one attached hydrogen (secondary N) is 1. The lowest BCUT2D eigenvalue weighted by Gasteiger charge is -2.23. The summed E-state index contributed by atoms with van der Waals surface area (Å²) < 4.78 is 0. The lowest BCUT2D eigenvalue weighted by molar-refractivity contribution is 0.430. The number of benzene rings is 1. The largest absolute Gasteiger partial charge is 0.378 e. The van der Waals surface area contributed by atoms with Crippen molar-refractivity contribution >= 4 is 5.69 Å². The Bertz CT molecular complexity index is 345. The third-order valence-corrected chi connectivity index (χ3v) is 3.14. The molecule has 0 saturated carbocycles. The first-order valence-corrected chi connectivity index (χ1v) is 7.05. The van der Waals surface area contributed by atoms with Gasteiger partial charge in [0, 0.05) is 25.8 Å². The Morgan fingerprint density at radius 1 is 1.22 bits per heavy atom. The molecule has 0 heterocycles. The Balaban J connectivity index is 2.85. The fourth-order valence-corrected chi connectivity index (χ4v) is 2.15. The predicted molar refractivity (Wildman–Crippen MR) is 81.3 cm³/mol. The van der Waals surface area contributed by atoms with Crippen molar-refractivity contribution in [1.29, 1.82) is 0 Å². The van der Waals surface area contributed by atoms with Gasteiger partial charge in [0.2, 0.25) is 0 Å². The van der Waals surface area contributed by atoms with Gasteiger partial charge in [0.1, 0.15) is 0 Å². The molecule has 1 unspecified atom stereocenters. The zero-order valence-electron chi connectivity index (χ0n) is 12.5. The van der Waals surface area contributed by atoms with E-state index in [0.717, 1.165) is 6.54 Å². The van der Waals surface area contributed by atoms with Crippen LogP contribution < -0.4 is 10.2 Å². The van der Waals surface area contributed by atoms with Crippen LogP contribution >= 0.6 is 0 Å². The van der Waals surface area contributed by atoms with E-state index in [0.29, 0.717) is 12.0 Å². The van der Waals surface area contributed by atoms with Gasteiger partial charge in [-0.25, -0.2) is 0 Å². The molecule has 0 aliphatic carbocycles. The first-order valence-electron chi connectivity index (χ1n) is 7.05. The van der Waals surface area contributed by atoms with Crippen molar-refractivity contribution in [2.45, 2.75) is 39.7 Å². The molecule has 1 atom stereocenters. The molecule has 102 valence electrons. The van der Waals surface area contributed by atoms with Gasteiger partial charge < -0.3 is 10.2 Å². The monoisotopic (exact) mass is 248 g/mol. The smallest absolute Gasteiger partial charge is 0.0364 e. The van der Waals surface area contributed by atoms with Gasteiger partial charge in [-0.1, -0.05) is 32.9 Å². The molecule has 0 aromatic heterocycles. The van der Waals surface area contributed by atoms with Crippen LogP contribution in [0.25, 0.3) is 0 Å². The molecule has 0 fully saturated rings. The highest BCUT2D eigenvalue weighted by molar-refractivity contribution is 5.47. The van der Waals surface area contributed by atoms with Gasteiger partial charge in [-0.15, -0.1) is 0 Å². The van der Waals surface area contributed by atoms with Crippen molar-refractivity contribution < 1.29 is 0 Å². The highest BCUT2D eigenvalue weighted by Crippen LogP contribution is 2.24. The number of hydrogen-bond donors (Lipinski definition) is 1. The van der Waals surface area contributed by atoms with Crippen molar-refractivity contribution in [2.24, 2.45) is 5.92 Å². The Kier molecular flexibility index (Phi) is 6.20. The maximum atomic E-state index is 3.66. The number of rotatable bonds is 7. The molecule has 0 aliphatic heterocycles. The minimum Gasteiger partial charge on any atom is -0.378 e. The van der Waals surface area contributed by atoms with E-state index < -0.39 is 0 Å². The van der Waals surface area contributed by atoms with Crippen molar-refractivity contribution in [3.8, 4) is 0 Å². The normalized spacial score (nSPS) is 12.8. The van der Waals surface area contributed by atoms with Gasteiger partial charge in [-0.05, 0) is 43.0 Å². The summed E-state index contributed by atoms with van der Waals surface area (Å²) in [7, 11) is 4.19. The average Bonchev–Trinajstić information content (AvgIpc) is 2.34. The van der Waals surface area contributed by atoms with Gasteiger partial charge in [0.25, 0.3) is 0 Å². The summed E-state index contributed by atoms with van der Waals surface area (Å²) in [5.41, 5.74) is 2.68. The van der Waals surface area contributed by atoms with Crippen LogP contribution in [0.3, 0.4) is 0 Å². The molecule has 2 nitrogen and oxygen atoms in total. The molecular weight excluding hydrogens is 220 g/mol. The van der Waals surface area contributed by atoms with E-state index in [1.165, 1.54) is 24.1 Å². The molecule has 2 heteroatoms. The number of anilines is 1. The van der Waals surface area contributed by atoms with Crippen LogP contribution in [-0.4, -0.2) is 20.6 Å². The molecule has 0 saturated heterocycles. The fourth-order valence-electron chi connectivity index (χ4n) is 2.15. The zero-order valence-corrected chi connectivity index (χ0v) is 12.5. The molecule has 0 bridgehead atoms. The van der Waals surface area contributed by atoms with E-state index in [2.05, 4.69) is 69.3 Å². The second-order valence-electron chi connectivity index (χ2n) is 5.63. The third-order valence-electron chi connectivity index (χ3n) is 3.14. The quantitative estimate of drug-likeness (QED) is 0.788. The summed E-state index contributed by atoms with van der Waals surface area (Å²) in [5.74, 6) is 0.711. The van der Waals surface area contributed by atoms with E-state index in [9.17, 15) is 0 Å². The van der Waals surface area contributed by atoms with Crippen molar-refractivity contribution in [3.63, 3.8) is 0 Å². The molecule has 0 amide bonds. The maximum absolute atomic E-state index is 3.66. The van der Waals surface area contributed by atoms with E-state index >= 15 is 0 Å². The standard InChI is InChI=1S/C16H28N2/c1-6-10-17-16(11-13(2)3)14-8-7-9-15(12-14)18(4)5/h7-9,12-13,16-17H,6,10-11H2,1-5H3. The van der Waals surface area contributed by atoms with Gasteiger partial charge >= 0.3 is 0 Å². The molecular formula is C16H28N2. The van der Waals surface area contributed by atoms with Crippen LogP contribution in [-0.2, 0) is 0 Å². The fraction of sp³-hybridized carbons (Fsp3) is 0.625. The van der Waals surface area contributed by atoms with E-state index in [1.54, 1.807) is 0 Å². The van der Waals surface area contributed by atoms with Crippen LogP contribution in [0.15, 0.2) is 24.3 Å². The van der Waals surface area contributed by atoms with Gasteiger partial charge in [0.05, 0.1) is 0 Å². The Hall–Kier alpha value is -1.02. The van der Waals surface area contributed by atoms with Crippen LogP contribution in [0.1, 0.15) is 45.2 Å². The molecule has 0 radical (unpaired) electrons. The van der Waals surface area contributed by atoms with Gasteiger partial charge in [-0.2, -0.15) is 0 Å². The average molecular weight is 248 g/mol. The number of nitrogens with zero attached hydrogens (tertiary/aromatic N) is 1. The minimum absolute atomic E-state index is 0.477. The van der Waals surface area contributed by atoms with E-state index in [4.69, 9.17) is 0 Å². The minimum atomic E-state index is 0.477. The first-order chi connectivity index (χ1) is 8.54. The van der Waals surface area contributed by atoms with E-state index in [-0.39, 0.29) is 0 Å². The Morgan fingerprint density at radius 3 is 2.50 bits per heavy atom. The molecule has 1 rings (SSSR count). The van der Waals surface area contributed by atoms with Crippen molar-refractivity contribution in [2.75, 3.05) is 25.5 Å². The topological polar surface area (TPSA) is 15.3 Å². The van der Waals surface area contributed by atoms with Gasteiger partial charge in [0.15, 0.2) is 0 Å². The summed E-state index contributed by atoms with van der Waals surface area (Å²) >= 11 is 0. The molecule has 1 aromatic rings. The second-order valence-corrected chi connectivity index (χ2v) is 5.63. The summed E-state index contributed by atoms with van der Waals surface area (Å²) in [5, 5.41) is 3.66. The van der Waals surface area contributed by atoms with Crippen LogP contribution in [0, 0.1) is 5.92 Å². The highest BCUT2D eigenvalue weighted by atomic mass is 15.1. The maximum Gasteiger partial charge on any atom is 0.0364 e. The Morgan fingerprint density at radius 2 is 1.94 bits per heavy atom. The SMILES string of the molecule is CCCNC(CC(C)C)c1cccc(N(C)C)c1. The zero-order chi connectivity index (χ0) is 13.5. The molecule has 18 heavy (non-hydrogen) atoms. The molecule has 1 N–H and O–H groups in total. The van der Waals surface area contributed by atoms with E-state index in [1.807, 2.05) is 0 Å². The van der Waals surface area contributed by atoms with Crippen molar-refractivity contribution in [1.82, 2.24) is 5.32 Å². The van der Waals surface area contributed by atoms with Crippen LogP contribution in [0.2, 0.25) is 0 Å². The molecule has 1 aromatic carbocycles. The summed E-state index contributed by atoms with van der Waals surface area (Å²) in [4.78, 5) is 2.16. The summed E-state index contributed by atoms with van der Waals surface area (Å²) in [6, 6.07) is 9.34. The third kappa shape index (κ3) is 4.69. The molecule has 0 aliphatic rings. The second kappa shape index (κ2) is 7.42. The Labute approximate surface area is 112 Å². The predicted octanol–water partition coefficient (Wildman–Crippen LogP) is 3.84. The lowest BCUT2D eigenvalue weighted by atomic mass is 9.96. The molecule has 0 spiro atoms. The van der Waals surface area contributed by atoms with Crippen LogP contribution in [0.5, 0.6) is 0 Å². The van der Waals surface area contributed by atoms with Gasteiger partial charge in [-0.3, -0.25) is 0 Å². The summed E-state index contributed by atoms with van der Waals surface area (Å²) in [6.45, 7) is 7.88. The van der Waals surface area contributed by atoms with Crippen LogP contribution in [0.4, 0.5) is 5.69 Å². The lowest BCUT2D eigenvalue weighted by Crippen LogP contribution is -2.24. The number of hydrogen-bond acceptors (Lipinski definition) is 2. The first kappa shape index (κ1) is 15.0. The summed E-state index contributed by atoms with van der Waals surface area (Å²) in [6.07, 6.45) is 2.37. The highest BCUT2D eigenvalue weighted by Gasteiger charge is 2.13. The van der Waals surface area contributed by atoms with Crippen molar-refractivity contribution in [3.05, 3.63) is 29.8 Å².